The number of carbonyl (C=O) groups excluding carboxylic acids is 1. The number of nitrogens with zero attached hydrogens (tertiary/aromatic N) is 1. The number of carbonyl (C=O) groups is 1. The van der Waals surface area contributed by atoms with Crippen molar-refractivity contribution in [3.8, 4) is 0 Å². The lowest BCUT2D eigenvalue weighted by atomic mass is 10.1. The molecule has 1 heterocycles. The second kappa shape index (κ2) is 6.94. The Kier molecular flexibility index (Phi) is 4.75. The molecule has 1 aliphatic rings. The van der Waals surface area contributed by atoms with Crippen LogP contribution in [0.1, 0.15) is 30.0 Å². The lowest BCUT2D eigenvalue weighted by molar-refractivity contribution is 0.177. The van der Waals surface area contributed by atoms with E-state index in [-0.39, 0.29) is 18.7 Å². The molecule has 116 valence electrons. The summed E-state index contributed by atoms with van der Waals surface area (Å²) in [6.45, 7) is 0.655. The zero-order valence-corrected chi connectivity index (χ0v) is 13.2. The summed E-state index contributed by atoms with van der Waals surface area (Å²) >= 11 is 1.56. The zero-order chi connectivity index (χ0) is 15.4. The van der Waals surface area contributed by atoms with Crippen LogP contribution in [0.2, 0.25) is 0 Å². The number of aliphatic hydroxyl groups excluding tert-OH is 1. The minimum atomic E-state index is -0.0893. The number of thiophene rings is 1. The molecule has 2 N–H and O–H groups in total. The number of hydrogen-bond donors (Lipinski definition) is 2. The highest BCUT2D eigenvalue weighted by atomic mass is 32.1. The van der Waals surface area contributed by atoms with E-state index in [1.165, 1.54) is 11.1 Å². The molecule has 0 saturated carbocycles. The Morgan fingerprint density at radius 3 is 3.00 bits per heavy atom. The van der Waals surface area contributed by atoms with E-state index < -0.39 is 0 Å². The summed E-state index contributed by atoms with van der Waals surface area (Å²) in [7, 11) is 0. The largest absolute Gasteiger partial charge is 0.396 e. The maximum Gasteiger partial charge on any atom is 0.322 e. The molecule has 22 heavy (non-hydrogen) atoms. The number of aliphatic hydroxyl groups is 1. The predicted octanol–water partition coefficient (Wildman–Crippen LogP) is 3.65. The Balaban J connectivity index is 1.79. The first-order valence-electron chi connectivity index (χ1n) is 7.58. The van der Waals surface area contributed by atoms with Gasteiger partial charge in [-0.1, -0.05) is 24.3 Å². The molecule has 1 aliphatic carbocycles. The number of benzene rings is 1. The molecule has 1 atom stereocenters. The van der Waals surface area contributed by atoms with Crippen LogP contribution in [0.25, 0.3) is 0 Å². The van der Waals surface area contributed by atoms with Crippen molar-refractivity contribution in [1.29, 1.82) is 0 Å². The number of rotatable bonds is 5. The van der Waals surface area contributed by atoms with Gasteiger partial charge >= 0.3 is 6.03 Å². The van der Waals surface area contributed by atoms with Crippen LogP contribution in [-0.2, 0) is 6.42 Å². The molecule has 1 aromatic heterocycles. The minimum absolute atomic E-state index is 0.0893. The summed E-state index contributed by atoms with van der Waals surface area (Å²) in [6, 6.07) is 10.2. The summed E-state index contributed by atoms with van der Waals surface area (Å²) in [5.74, 6) is 0. The van der Waals surface area contributed by atoms with Gasteiger partial charge in [0.2, 0.25) is 0 Å². The molecule has 0 fully saturated rings. The molecule has 3 rings (SSSR count). The first-order valence-corrected chi connectivity index (χ1v) is 8.52. The molecule has 0 radical (unpaired) electrons. The van der Waals surface area contributed by atoms with Gasteiger partial charge in [-0.3, -0.25) is 0 Å². The highest BCUT2D eigenvalue weighted by molar-refractivity contribution is 7.08. The van der Waals surface area contributed by atoms with Crippen LogP contribution < -0.4 is 5.32 Å². The van der Waals surface area contributed by atoms with Crippen molar-refractivity contribution in [1.82, 2.24) is 4.90 Å². The standard InChI is InChI=1S/C17H20N2O2S/c20-10-3-9-19(17(21)18-14-8-11-22-12-14)16-7-6-13-4-1-2-5-15(13)16/h1-2,4-5,8,11-12,16,20H,3,6-7,9-10H2,(H,18,21). The summed E-state index contributed by atoms with van der Waals surface area (Å²) in [4.78, 5) is 14.5. The van der Waals surface area contributed by atoms with Gasteiger partial charge in [0.15, 0.2) is 0 Å². The molecular formula is C17H20N2O2S. The second-order valence-corrected chi connectivity index (χ2v) is 6.25. The van der Waals surface area contributed by atoms with Crippen molar-refractivity contribution in [3.05, 3.63) is 52.2 Å². The fourth-order valence-electron chi connectivity index (χ4n) is 3.03. The van der Waals surface area contributed by atoms with Crippen LogP contribution in [0.4, 0.5) is 10.5 Å². The van der Waals surface area contributed by atoms with Crippen molar-refractivity contribution in [2.24, 2.45) is 0 Å². The van der Waals surface area contributed by atoms with Crippen molar-refractivity contribution < 1.29 is 9.90 Å². The lowest BCUT2D eigenvalue weighted by Crippen LogP contribution is -2.38. The van der Waals surface area contributed by atoms with E-state index in [0.717, 1.165) is 18.5 Å². The maximum absolute atomic E-state index is 12.7. The van der Waals surface area contributed by atoms with E-state index in [9.17, 15) is 4.79 Å². The highest BCUT2D eigenvalue weighted by Gasteiger charge is 2.30. The number of anilines is 1. The van der Waals surface area contributed by atoms with Gasteiger partial charge in [-0.15, -0.1) is 0 Å². The van der Waals surface area contributed by atoms with Gasteiger partial charge in [0, 0.05) is 18.5 Å². The molecular weight excluding hydrogens is 296 g/mol. The number of nitrogens with one attached hydrogen (secondary N) is 1. The lowest BCUT2D eigenvalue weighted by Gasteiger charge is -2.29. The molecule has 4 nitrogen and oxygen atoms in total. The van der Waals surface area contributed by atoms with Crippen LogP contribution in [-0.4, -0.2) is 29.2 Å². The molecule has 0 saturated heterocycles. The Bertz CT molecular complexity index is 627. The zero-order valence-electron chi connectivity index (χ0n) is 12.4. The van der Waals surface area contributed by atoms with Crippen LogP contribution in [0.3, 0.4) is 0 Å². The molecule has 0 spiro atoms. The van der Waals surface area contributed by atoms with Crippen LogP contribution in [0, 0.1) is 0 Å². The van der Waals surface area contributed by atoms with Gasteiger partial charge in [-0.2, -0.15) is 11.3 Å². The Hall–Kier alpha value is -1.85. The number of urea groups is 1. The number of hydrogen-bond acceptors (Lipinski definition) is 3. The molecule has 0 aliphatic heterocycles. The molecule has 1 unspecified atom stereocenters. The molecule has 2 amide bonds. The SMILES string of the molecule is O=C(Nc1ccsc1)N(CCCO)C1CCc2ccccc21. The van der Waals surface area contributed by atoms with E-state index >= 15 is 0 Å². The minimum Gasteiger partial charge on any atom is -0.396 e. The second-order valence-electron chi connectivity index (χ2n) is 5.47. The topological polar surface area (TPSA) is 52.6 Å². The van der Waals surface area contributed by atoms with E-state index in [0.29, 0.717) is 13.0 Å². The molecule has 0 bridgehead atoms. The third kappa shape index (κ3) is 3.15. The van der Waals surface area contributed by atoms with Gasteiger partial charge in [-0.05, 0) is 41.8 Å². The first-order chi connectivity index (χ1) is 10.8. The van der Waals surface area contributed by atoms with E-state index in [2.05, 4.69) is 17.4 Å². The summed E-state index contributed by atoms with van der Waals surface area (Å²) in [5, 5.41) is 16.0. The fraction of sp³-hybridized carbons (Fsp3) is 0.353. The Morgan fingerprint density at radius 1 is 1.36 bits per heavy atom. The smallest absolute Gasteiger partial charge is 0.322 e. The van der Waals surface area contributed by atoms with Crippen molar-refractivity contribution in [2.45, 2.75) is 25.3 Å². The van der Waals surface area contributed by atoms with Crippen LogP contribution in [0.15, 0.2) is 41.1 Å². The third-order valence-electron chi connectivity index (χ3n) is 4.07. The van der Waals surface area contributed by atoms with Gasteiger partial charge < -0.3 is 15.3 Å². The Labute approximate surface area is 134 Å². The van der Waals surface area contributed by atoms with Crippen molar-refractivity contribution in [2.75, 3.05) is 18.5 Å². The quantitative estimate of drug-likeness (QED) is 0.884. The van der Waals surface area contributed by atoms with Gasteiger partial charge in [-0.25, -0.2) is 4.79 Å². The summed E-state index contributed by atoms with van der Waals surface area (Å²) in [5.41, 5.74) is 3.39. The molecule has 1 aromatic carbocycles. The normalized spacial score (nSPS) is 16.3. The van der Waals surface area contributed by atoms with Crippen molar-refractivity contribution >= 4 is 23.1 Å². The summed E-state index contributed by atoms with van der Waals surface area (Å²) < 4.78 is 0. The van der Waals surface area contributed by atoms with Crippen molar-refractivity contribution in [3.63, 3.8) is 0 Å². The average molecular weight is 316 g/mol. The van der Waals surface area contributed by atoms with E-state index in [1.54, 1.807) is 11.3 Å². The monoisotopic (exact) mass is 316 g/mol. The van der Waals surface area contributed by atoms with E-state index in [1.807, 2.05) is 33.9 Å². The molecule has 5 heteroatoms. The fourth-order valence-corrected chi connectivity index (χ4v) is 3.62. The number of aryl methyl sites for hydroxylation is 1. The predicted molar refractivity (Wildman–Crippen MR) is 89.3 cm³/mol. The Morgan fingerprint density at radius 2 is 2.23 bits per heavy atom. The highest BCUT2D eigenvalue weighted by Crippen LogP contribution is 2.36. The number of amides is 2. The number of fused-ring (bicyclic) bond motifs is 1. The van der Waals surface area contributed by atoms with Gasteiger partial charge in [0.05, 0.1) is 11.7 Å². The van der Waals surface area contributed by atoms with Crippen LogP contribution >= 0.6 is 11.3 Å². The molecule has 2 aromatic rings. The summed E-state index contributed by atoms with van der Waals surface area (Å²) in [6.07, 6.45) is 2.54. The average Bonchev–Trinajstić information content (AvgIpc) is 3.18. The van der Waals surface area contributed by atoms with Crippen LogP contribution in [0.5, 0.6) is 0 Å². The van der Waals surface area contributed by atoms with Gasteiger partial charge in [0.1, 0.15) is 0 Å². The first kappa shape index (κ1) is 15.1. The van der Waals surface area contributed by atoms with E-state index in [4.69, 9.17) is 5.11 Å². The third-order valence-corrected chi connectivity index (χ3v) is 4.75. The maximum atomic E-state index is 12.7. The van der Waals surface area contributed by atoms with Gasteiger partial charge in [0.25, 0.3) is 0 Å².